The van der Waals surface area contributed by atoms with Gasteiger partial charge in [-0.25, -0.2) is 0 Å². The van der Waals surface area contributed by atoms with Crippen LogP contribution in [0.1, 0.15) is 37.0 Å². The highest BCUT2D eigenvalue weighted by atomic mass is 14.9. The predicted molar refractivity (Wildman–Crippen MR) is 75.2 cm³/mol. The molecule has 17 heavy (non-hydrogen) atoms. The average Bonchev–Trinajstić information content (AvgIpc) is 2.24. The number of likely N-dealkylation sites (N-methyl/N-ethyl adjacent to an activating group) is 1. The van der Waals surface area contributed by atoms with Gasteiger partial charge in [-0.1, -0.05) is 36.2 Å². The first kappa shape index (κ1) is 13.8. The minimum absolute atomic E-state index is 0.466. The van der Waals surface area contributed by atoms with Crippen LogP contribution in [0.5, 0.6) is 0 Å². The second-order valence-corrected chi connectivity index (χ2v) is 4.59. The van der Waals surface area contributed by atoms with E-state index in [1.807, 2.05) is 6.92 Å². The van der Waals surface area contributed by atoms with Gasteiger partial charge in [0.15, 0.2) is 0 Å². The van der Waals surface area contributed by atoms with Crippen molar-refractivity contribution in [3.63, 3.8) is 0 Å². The van der Waals surface area contributed by atoms with Gasteiger partial charge in [-0.3, -0.25) is 0 Å². The molecule has 0 aliphatic heterocycles. The number of hydrogen-bond acceptors (Lipinski definition) is 1. The second kappa shape index (κ2) is 7.14. The maximum atomic E-state index is 3.50. The summed E-state index contributed by atoms with van der Waals surface area (Å²) in [5.74, 6) is 6.15. The summed E-state index contributed by atoms with van der Waals surface area (Å²) < 4.78 is 0. The Kier molecular flexibility index (Phi) is 5.80. The molecule has 0 bridgehead atoms. The minimum atomic E-state index is 0.466. The van der Waals surface area contributed by atoms with Crippen LogP contribution in [-0.4, -0.2) is 12.6 Å². The van der Waals surface area contributed by atoms with E-state index in [9.17, 15) is 0 Å². The summed E-state index contributed by atoms with van der Waals surface area (Å²) in [6.07, 6.45) is 1.99. The lowest BCUT2D eigenvalue weighted by atomic mass is 9.99. The van der Waals surface area contributed by atoms with E-state index >= 15 is 0 Å². The van der Waals surface area contributed by atoms with Gasteiger partial charge < -0.3 is 5.32 Å². The smallest absolute Gasteiger partial charge is 0.0246 e. The number of nitrogens with one attached hydrogen (secondary N) is 1. The van der Waals surface area contributed by atoms with Crippen LogP contribution in [0.15, 0.2) is 18.2 Å². The summed E-state index contributed by atoms with van der Waals surface area (Å²) in [6.45, 7) is 9.36. The Morgan fingerprint density at radius 2 is 1.82 bits per heavy atom. The summed E-state index contributed by atoms with van der Waals surface area (Å²) in [5, 5.41) is 3.50. The summed E-state index contributed by atoms with van der Waals surface area (Å²) >= 11 is 0. The maximum absolute atomic E-state index is 3.50. The van der Waals surface area contributed by atoms with Gasteiger partial charge in [0.1, 0.15) is 0 Å². The van der Waals surface area contributed by atoms with E-state index in [0.29, 0.717) is 6.04 Å². The minimum Gasteiger partial charge on any atom is -0.313 e. The fourth-order valence-electron chi connectivity index (χ4n) is 2.20. The van der Waals surface area contributed by atoms with E-state index < -0.39 is 0 Å². The van der Waals surface area contributed by atoms with Crippen molar-refractivity contribution in [2.45, 2.75) is 46.6 Å². The van der Waals surface area contributed by atoms with Gasteiger partial charge in [0.2, 0.25) is 0 Å². The van der Waals surface area contributed by atoms with Crippen LogP contribution in [0.25, 0.3) is 0 Å². The van der Waals surface area contributed by atoms with Crippen molar-refractivity contribution in [3.8, 4) is 11.8 Å². The zero-order chi connectivity index (χ0) is 12.7. The lowest BCUT2D eigenvalue weighted by molar-refractivity contribution is 0.535. The number of aryl methyl sites for hydroxylation is 2. The molecule has 0 heterocycles. The third-order valence-corrected chi connectivity index (χ3v) is 2.78. The summed E-state index contributed by atoms with van der Waals surface area (Å²) in [5.41, 5.74) is 4.10. The first-order valence-corrected chi connectivity index (χ1v) is 6.35. The molecule has 1 aromatic carbocycles. The molecule has 0 amide bonds. The number of rotatable bonds is 5. The molecule has 0 aliphatic rings. The van der Waals surface area contributed by atoms with Gasteiger partial charge in [-0.05, 0) is 39.3 Å². The van der Waals surface area contributed by atoms with Crippen molar-refractivity contribution in [1.29, 1.82) is 0 Å². The Hall–Kier alpha value is -1.26. The van der Waals surface area contributed by atoms with Crippen LogP contribution in [0.3, 0.4) is 0 Å². The highest BCUT2D eigenvalue weighted by molar-refractivity contribution is 5.29. The van der Waals surface area contributed by atoms with Crippen LogP contribution >= 0.6 is 0 Å². The second-order valence-electron chi connectivity index (χ2n) is 4.59. The summed E-state index contributed by atoms with van der Waals surface area (Å²) in [7, 11) is 0. The lowest BCUT2D eigenvalue weighted by Gasteiger charge is -2.16. The SMILES string of the molecule is CC#CCC(Cc1cc(C)cc(C)c1)NCC. The standard InChI is InChI=1S/C16H23N/c1-5-7-8-16(17-6-2)12-15-10-13(3)9-14(4)11-15/h9-11,16-17H,6,8,12H2,1-4H3. The highest BCUT2D eigenvalue weighted by Gasteiger charge is 2.07. The fraction of sp³-hybridized carbons (Fsp3) is 0.500. The van der Waals surface area contributed by atoms with Gasteiger partial charge in [-0.15, -0.1) is 11.8 Å². The van der Waals surface area contributed by atoms with E-state index in [-0.39, 0.29) is 0 Å². The molecular weight excluding hydrogens is 206 g/mol. The molecule has 1 unspecified atom stereocenters. The predicted octanol–water partition coefficient (Wildman–Crippen LogP) is 3.24. The number of benzene rings is 1. The maximum Gasteiger partial charge on any atom is 0.0246 e. The Bertz CT molecular complexity index is 389. The third kappa shape index (κ3) is 5.06. The molecule has 0 fully saturated rings. The van der Waals surface area contributed by atoms with Crippen molar-refractivity contribution in [1.82, 2.24) is 5.32 Å². The molecule has 0 saturated carbocycles. The Balaban J connectivity index is 2.72. The van der Waals surface area contributed by atoms with Gasteiger partial charge in [-0.2, -0.15) is 0 Å². The third-order valence-electron chi connectivity index (χ3n) is 2.78. The van der Waals surface area contributed by atoms with Crippen LogP contribution in [0.2, 0.25) is 0 Å². The monoisotopic (exact) mass is 229 g/mol. The van der Waals surface area contributed by atoms with Gasteiger partial charge in [0.25, 0.3) is 0 Å². The van der Waals surface area contributed by atoms with E-state index in [2.05, 4.69) is 56.1 Å². The topological polar surface area (TPSA) is 12.0 Å². The van der Waals surface area contributed by atoms with E-state index in [0.717, 1.165) is 19.4 Å². The van der Waals surface area contributed by atoms with Crippen molar-refractivity contribution in [3.05, 3.63) is 34.9 Å². The zero-order valence-corrected chi connectivity index (χ0v) is 11.4. The molecule has 0 radical (unpaired) electrons. The molecule has 0 aromatic heterocycles. The number of hydrogen-bond donors (Lipinski definition) is 1. The Labute approximate surface area is 106 Å². The molecule has 0 spiro atoms. The highest BCUT2D eigenvalue weighted by Crippen LogP contribution is 2.12. The summed E-state index contributed by atoms with van der Waals surface area (Å²) in [6, 6.07) is 7.24. The Morgan fingerprint density at radius 3 is 2.35 bits per heavy atom. The van der Waals surface area contributed by atoms with Crippen LogP contribution in [0.4, 0.5) is 0 Å². The van der Waals surface area contributed by atoms with E-state index in [4.69, 9.17) is 0 Å². The molecule has 1 aromatic rings. The van der Waals surface area contributed by atoms with Crippen LogP contribution in [0, 0.1) is 25.7 Å². The molecule has 92 valence electrons. The largest absolute Gasteiger partial charge is 0.313 e. The first-order chi connectivity index (χ1) is 8.15. The molecule has 1 heteroatoms. The van der Waals surface area contributed by atoms with Crippen molar-refractivity contribution in [2.75, 3.05) is 6.54 Å². The van der Waals surface area contributed by atoms with Crippen LogP contribution < -0.4 is 5.32 Å². The molecule has 1 nitrogen and oxygen atoms in total. The lowest BCUT2D eigenvalue weighted by Crippen LogP contribution is -2.30. The fourth-order valence-corrected chi connectivity index (χ4v) is 2.20. The molecule has 1 atom stereocenters. The molecular formula is C16H23N. The van der Waals surface area contributed by atoms with Gasteiger partial charge in [0.05, 0.1) is 0 Å². The van der Waals surface area contributed by atoms with Crippen molar-refractivity contribution >= 4 is 0 Å². The quantitative estimate of drug-likeness (QED) is 0.764. The van der Waals surface area contributed by atoms with Gasteiger partial charge >= 0.3 is 0 Å². The zero-order valence-electron chi connectivity index (χ0n) is 11.4. The molecule has 0 aliphatic carbocycles. The van der Waals surface area contributed by atoms with E-state index in [1.54, 1.807) is 0 Å². The molecule has 0 saturated heterocycles. The van der Waals surface area contributed by atoms with E-state index in [1.165, 1.54) is 16.7 Å². The van der Waals surface area contributed by atoms with Gasteiger partial charge in [0, 0.05) is 12.5 Å². The average molecular weight is 229 g/mol. The normalized spacial score (nSPS) is 11.8. The molecule has 1 rings (SSSR count). The Morgan fingerprint density at radius 1 is 1.18 bits per heavy atom. The van der Waals surface area contributed by atoms with Crippen LogP contribution in [-0.2, 0) is 6.42 Å². The van der Waals surface area contributed by atoms with Crippen molar-refractivity contribution < 1.29 is 0 Å². The van der Waals surface area contributed by atoms with Crippen molar-refractivity contribution in [2.24, 2.45) is 0 Å². The molecule has 1 N–H and O–H groups in total. The summed E-state index contributed by atoms with van der Waals surface area (Å²) in [4.78, 5) is 0. The first-order valence-electron chi connectivity index (χ1n) is 6.35.